The number of nitrogens with one attached hydrogen (secondary N) is 2. The van der Waals surface area contributed by atoms with E-state index in [0.717, 1.165) is 22.2 Å². The van der Waals surface area contributed by atoms with E-state index in [9.17, 15) is 0 Å². The molecule has 6 rings (SSSR count). The van der Waals surface area contributed by atoms with Gasteiger partial charge < -0.3 is 9.97 Å². The predicted octanol–water partition coefficient (Wildman–Crippen LogP) is 6.53. The summed E-state index contributed by atoms with van der Waals surface area (Å²) in [5.74, 6) is 0. The number of rotatable bonds is 2. The normalized spacial score (nSPS) is 11.6. The van der Waals surface area contributed by atoms with Crippen molar-refractivity contribution in [2.75, 3.05) is 0 Å². The molecular weight excluding hydrogens is 342 g/mol. The molecule has 0 fully saturated rings. The van der Waals surface area contributed by atoms with Crippen LogP contribution in [0.25, 0.3) is 55.1 Å². The lowest BCUT2D eigenvalue weighted by molar-refractivity contribution is 1.35. The van der Waals surface area contributed by atoms with Crippen molar-refractivity contribution in [3.05, 3.63) is 91.3 Å². The number of nitrogens with zero attached hydrogens (tertiary/aromatic N) is 1. The zero-order valence-corrected chi connectivity index (χ0v) is 15.1. The number of aromatic nitrogens is 3. The second-order valence-electron chi connectivity index (χ2n) is 7.06. The second-order valence-corrected chi connectivity index (χ2v) is 7.06. The molecule has 3 heterocycles. The molecular formula is C25H17N3. The Morgan fingerprint density at radius 3 is 2.14 bits per heavy atom. The summed E-state index contributed by atoms with van der Waals surface area (Å²) in [6, 6.07) is 27.6. The summed E-state index contributed by atoms with van der Waals surface area (Å²) >= 11 is 0. The van der Waals surface area contributed by atoms with Crippen LogP contribution < -0.4 is 0 Å². The van der Waals surface area contributed by atoms with Crippen molar-refractivity contribution in [2.24, 2.45) is 0 Å². The zero-order valence-electron chi connectivity index (χ0n) is 15.1. The van der Waals surface area contributed by atoms with Crippen LogP contribution in [0.5, 0.6) is 0 Å². The van der Waals surface area contributed by atoms with E-state index in [1.165, 1.54) is 32.8 Å². The monoisotopic (exact) mass is 359 g/mol. The van der Waals surface area contributed by atoms with E-state index >= 15 is 0 Å². The minimum Gasteiger partial charge on any atom is -0.353 e. The van der Waals surface area contributed by atoms with Crippen LogP contribution in [0, 0.1) is 0 Å². The van der Waals surface area contributed by atoms with Gasteiger partial charge in [-0.3, -0.25) is 4.98 Å². The highest BCUT2D eigenvalue weighted by atomic mass is 14.8. The zero-order chi connectivity index (χ0) is 18.5. The van der Waals surface area contributed by atoms with Gasteiger partial charge in [0.1, 0.15) is 0 Å². The molecule has 0 aliphatic rings. The number of hydrogen-bond acceptors (Lipinski definition) is 1. The number of pyridine rings is 1. The molecule has 3 heteroatoms. The average molecular weight is 359 g/mol. The molecule has 0 atom stereocenters. The maximum Gasteiger partial charge on any atom is 0.0652 e. The number of H-pyrrole nitrogens is 2. The molecule has 3 aromatic heterocycles. The van der Waals surface area contributed by atoms with Gasteiger partial charge in [0.15, 0.2) is 0 Å². The van der Waals surface area contributed by atoms with E-state index in [4.69, 9.17) is 0 Å². The molecule has 3 aromatic carbocycles. The minimum absolute atomic E-state index is 1.06. The van der Waals surface area contributed by atoms with Gasteiger partial charge in [-0.15, -0.1) is 0 Å². The maximum atomic E-state index is 4.26. The molecule has 6 aromatic rings. The molecule has 0 saturated carbocycles. The third kappa shape index (κ3) is 2.13. The van der Waals surface area contributed by atoms with Gasteiger partial charge in [0.05, 0.1) is 22.9 Å². The first-order chi connectivity index (χ1) is 13.9. The van der Waals surface area contributed by atoms with Crippen LogP contribution in [-0.4, -0.2) is 15.0 Å². The third-order valence-electron chi connectivity index (χ3n) is 5.46. The topological polar surface area (TPSA) is 44.5 Å². The average Bonchev–Trinajstić information content (AvgIpc) is 3.33. The van der Waals surface area contributed by atoms with Crippen molar-refractivity contribution in [1.29, 1.82) is 0 Å². The van der Waals surface area contributed by atoms with Crippen molar-refractivity contribution in [3.63, 3.8) is 0 Å². The molecule has 132 valence electrons. The van der Waals surface area contributed by atoms with E-state index in [1.807, 2.05) is 12.4 Å². The molecule has 0 radical (unpaired) electrons. The summed E-state index contributed by atoms with van der Waals surface area (Å²) in [6.45, 7) is 0. The molecule has 0 saturated heterocycles. The Kier molecular flexibility index (Phi) is 3.17. The molecule has 0 spiro atoms. The van der Waals surface area contributed by atoms with Crippen LogP contribution in [-0.2, 0) is 0 Å². The Balaban J connectivity index is 1.80. The SMILES string of the molecule is c1ccc(-c2[nH]c3c(ccc4[nH]c5cnccc5c43)c2-c2ccccc2)cc1. The van der Waals surface area contributed by atoms with Crippen LogP contribution in [0.15, 0.2) is 91.3 Å². The highest BCUT2D eigenvalue weighted by molar-refractivity contribution is 6.22. The fourth-order valence-corrected chi connectivity index (χ4v) is 4.23. The summed E-state index contributed by atoms with van der Waals surface area (Å²) in [5.41, 5.74) is 8.14. The third-order valence-corrected chi connectivity index (χ3v) is 5.46. The molecule has 0 unspecified atom stereocenters. The highest BCUT2D eigenvalue weighted by Crippen LogP contribution is 2.42. The Labute approximate surface area is 161 Å². The smallest absolute Gasteiger partial charge is 0.0652 e. The van der Waals surface area contributed by atoms with Crippen LogP contribution in [0.4, 0.5) is 0 Å². The van der Waals surface area contributed by atoms with Crippen LogP contribution >= 0.6 is 0 Å². The van der Waals surface area contributed by atoms with Gasteiger partial charge in [-0.25, -0.2) is 0 Å². The van der Waals surface area contributed by atoms with E-state index in [0.29, 0.717) is 0 Å². The van der Waals surface area contributed by atoms with Crippen molar-refractivity contribution in [1.82, 2.24) is 15.0 Å². The summed E-state index contributed by atoms with van der Waals surface area (Å²) in [4.78, 5) is 11.5. The summed E-state index contributed by atoms with van der Waals surface area (Å²) in [5, 5.41) is 3.64. The predicted molar refractivity (Wildman–Crippen MR) is 116 cm³/mol. The van der Waals surface area contributed by atoms with Crippen molar-refractivity contribution in [2.45, 2.75) is 0 Å². The molecule has 0 bridgehead atoms. The van der Waals surface area contributed by atoms with Crippen LogP contribution in [0.1, 0.15) is 0 Å². The fraction of sp³-hybridized carbons (Fsp3) is 0. The molecule has 3 nitrogen and oxygen atoms in total. The van der Waals surface area contributed by atoms with E-state index in [-0.39, 0.29) is 0 Å². The lowest BCUT2D eigenvalue weighted by atomic mass is 9.98. The molecule has 28 heavy (non-hydrogen) atoms. The lowest BCUT2D eigenvalue weighted by Crippen LogP contribution is -1.82. The highest BCUT2D eigenvalue weighted by Gasteiger charge is 2.18. The first-order valence-corrected chi connectivity index (χ1v) is 9.41. The Hall–Kier alpha value is -3.85. The van der Waals surface area contributed by atoms with Crippen molar-refractivity contribution < 1.29 is 0 Å². The van der Waals surface area contributed by atoms with Crippen molar-refractivity contribution >= 4 is 32.7 Å². The van der Waals surface area contributed by atoms with E-state index < -0.39 is 0 Å². The van der Waals surface area contributed by atoms with E-state index in [1.54, 1.807) is 0 Å². The van der Waals surface area contributed by atoms with Gasteiger partial charge in [-0.1, -0.05) is 66.7 Å². The standard InChI is InChI=1S/C25H17N3/c1-3-7-16(8-4-1)22-19-11-12-20-23(18-13-14-26-15-21(18)27-20)25(19)28-24(22)17-9-5-2-6-10-17/h1-15,27-28H. The van der Waals surface area contributed by atoms with Gasteiger partial charge >= 0.3 is 0 Å². The lowest BCUT2D eigenvalue weighted by Gasteiger charge is -2.05. The summed E-state index contributed by atoms with van der Waals surface area (Å²) in [6.07, 6.45) is 3.74. The number of fused-ring (bicyclic) bond motifs is 5. The Morgan fingerprint density at radius 1 is 0.607 bits per heavy atom. The Bertz CT molecular complexity index is 1440. The fourth-order valence-electron chi connectivity index (χ4n) is 4.23. The summed E-state index contributed by atoms with van der Waals surface area (Å²) < 4.78 is 0. The minimum atomic E-state index is 1.06. The van der Waals surface area contributed by atoms with Gasteiger partial charge in [-0.05, 0) is 23.3 Å². The molecule has 2 N–H and O–H groups in total. The van der Waals surface area contributed by atoms with Crippen LogP contribution in [0.3, 0.4) is 0 Å². The van der Waals surface area contributed by atoms with Crippen molar-refractivity contribution in [3.8, 4) is 22.4 Å². The first kappa shape index (κ1) is 15.2. The van der Waals surface area contributed by atoms with Gasteiger partial charge in [-0.2, -0.15) is 0 Å². The second kappa shape index (κ2) is 5.83. The number of aromatic amines is 2. The molecule has 0 aliphatic carbocycles. The molecule has 0 amide bonds. The van der Waals surface area contributed by atoms with Gasteiger partial charge in [0, 0.05) is 33.4 Å². The maximum absolute atomic E-state index is 4.26. The van der Waals surface area contributed by atoms with E-state index in [2.05, 4.69) is 93.8 Å². The first-order valence-electron chi connectivity index (χ1n) is 9.41. The number of hydrogen-bond donors (Lipinski definition) is 2. The Morgan fingerprint density at radius 2 is 1.36 bits per heavy atom. The molecule has 0 aliphatic heterocycles. The van der Waals surface area contributed by atoms with Crippen LogP contribution in [0.2, 0.25) is 0 Å². The quantitative estimate of drug-likeness (QED) is 0.363. The number of benzene rings is 3. The summed E-state index contributed by atoms with van der Waals surface area (Å²) in [7, 11) is 0. The van der Waals surface area contributed by atoms with Gasteiger partial charge in [0.25, 0.3) is 0 Å². The van der Waals surface area contributed by atoms with Gasteiger partial charge in [0.2, 0.25) is 0 Å². The largest absolute Gasteiger partial charge is 0.353 e.